The van der Waals surface area contributed by atoms with E-state index in [1.807, 2.05) is 54.4 Å². The quantitative estimate of drug-likeness (QED) is 0.348. The van der Waals surface area contributed by atoms with Crippen molar-refractivity contribution in [3.63, 3.8) is 0 Å². The molecule has 3 fully saturated rings. The molecular formula is C32H33N9O3. The SMILES string of the molecule is CN1NN=C(C(c2ccccc2)N2CC3CCC(C2)N3C(=O)c2cc(-c3nc4cc(N5CCCC5=O)ccc4o3)ccn2)N1. The first-order valence-corrected chi connectivity index (χ1v) is 15.1. The van der Waals surface area contributed by atoms with Crippen LogP contribution in [0.3, 0.4) is 0 Å². The monoisotopic (exact) mass is 591 g/mol. The predicted molar refractivity (Wildman–Crippen MR) is 164 cm³/mol. The summed E-state index contributed by atoms with van der Waals surface area (Å²) in [6.45, 7) is 2.19. The summed E-state index contributed by atoms with van der Waals surface area (Å²) in [6.07, 6.45) is 4.96. The zero-order chi connectivity index (χ0) is 29.8. The molecule has 4 aromatic rings. The second kappa shape index (κ2) is 10.7. The zero-order valence-corrected chi connectivity index (χ0v) is 24.4. The standard InChI is InChI=1S/C32H33N9O3/c1-38-36-30(35-37-38)29(20-6-3-2-4-7-20)39-18-23-9-10-24(19-39)41(23)32(43)26-16-21(13-14-33-26)31-34-25-17-22(11-12-27(25)44-31)40-15-5-8-28(40)42/h2-4,6-7,11-14,16-17,23-24,29,37H,5,8-10,15,18-19H2,1H3,(H,35,36). The molecule has 0 saturated carbocycles. The number of aromatic nitrogens is 2. The second-order valence-electron chi connectivity index (χ2n) is 11.9. The number of nitrogens with zero attached hydrogens (tertiary/aromatic N) is 7. The highest BCUT2D eigenvalue weighted by Crippen LogP contribution is 2.36. The molecule has 8 rings (SSSR count). The van der Waals surface area contributed by atoms with Gasteiger partial charge in [-0.05, 0) is 55.2 Å². The Morgan fingerprint density at radius 2 is 1.86 bits per heavy atom. The molecule has 4 aliphatic rings. The van der Waals surface area contributed by atoms with Crippen molar-refractivity contribution in [2.75, 3.05) is 31.6 Å². The summed E-state index contributed by atoms with van der Waals surface area (Å²) in [4.78, 5) is 41.7. The normalized spacial score (nSPS) is 22.8. The summed E-state index contributed by atoms with van der Waals surface area (Å²) in [5.41, 5.74) is 10.6. The highest BCUT2D eigenvalue weighted by atomic mass is 16.3. The predicted octanol–water partition coefficient (Wildman–Crippen LogP) is 3.31. The Morgan fingerprint density at radius 3 is 2.59 bits per heavy atom. The molecule has 2 aromatic heterocycles. The number of pyridine rings is 1. The van der Waals surface area contributed by atoms with Crippen molar-refractivity contribution in [2.24, 2.45) is 5.10 Å². The number of amides is 2. The molecule has 3 unspecified atom stereocenters. The fraction of sp³-hybridized carbons (Fsp3) is 0.344. The Labute approximate surface area is 254 Å². The fourth-order valence-corrected chi connectivity index (χ4v) is 7.07. The molecule has 4 aliphatic heterocycles. The summed E-state index contributed by atoms with van der Waals surface area (Å²) >= 11 is 0. The topological polar surface area (TPSA) is 122 Å². The summed E-state index contributed by atoms with van der Waals surface area (Å²) < 4.78 is 6.07. The highest BCUT2D eigenvalue weighted by Gasteiger charge is 2.46. The molecular weight excluding hydrogens is 558 g/mol. The number of rotatable bonds is 6. The number of nitrogens with one attached hydrogen (secondary N) is 2. The lowest BCUT2D eigenvalue weighted by Crippen LogP contribution is -2.58. The fourth-order valence-electron chi connectivity index (χ4n) is 7.07. The van der Waals surface area contributed by atoms with E-state index in [0.717, 1.165) is 49.4 Å². The number of hydrogen-bond donors (Lipinski definition) is 2. The van der Waals surface area contributed by atoms with Crippen molar-refractivity contribution in [1.82, 2.24) is 35.8 Å². The van der Waals surface area contributed by atoms with Gasteiger partial charge in [0.1, 0.15) is 11.2 Å². The maximum atomic E-state index is 14.0. The molecule has 6 heterocycles. The molecule has 224 valence electrons. The van der Waals surface area contributed by atoms with Gasteiger partial charge in [-0.3, -0.25) is 24.9 Å². The van der Waals surface area contributed by atoms with Gasteiger partial charge in [0.2, 0.25) is 11.8 Å². The van der Waals surface area contributed by atoms with Crippen LogP contribution in [0.5, 0.6) is 0 Å². The lowest BCUT2D eigenvalue weighted by molar-refractivity contribution is -0.117. The molecule has 2 amide bonds. The van der Waals surface area contributed by atoms with Gasteiger partial charge in [0.15, 0.2) is 11.4 Å². The van der Waals surface area contributed by atoms with Crippen LogP contribution in [0.4, 0.5) is 5.69 Å². The molecule has 0 aliphatic carbocycles. The van der Waals surface area contributed by atoms with Crippen LogP contribution in [0, 0.1) is 0 Å². The average Bonchev–Trinajstić information content (AvgIpc) is 3.83. The van der Waals surface area contributed by atoms with Gasteiger partial charge in [-0.2, -0.15) is 0 Å². The molecule has 3 atom stereocenters. The van der Waals surface area contributed by atoms with Crippen LogP contribution in [0.2, 0.25) is 0 Å². The van der Waals surface area contributed by atoms with Gasteiger partial charge in [-0.25, -0.2) is 10.5 Å². The summed E-state index contributed by atoms with van der Waals surface area (Å²) in [7, 11) is 1.88. The molecule has 44 heavy (non-hydrogen) atoms. The minimum atomic E-state index is -0.0704. The third kappa shape index (κ3) is 4.66. The number of hydrazone groups is 1. The first kappa shape index (κ1) is 26.8. The number of fused-ring (bicyclic) bond motifs is 3. The van der Waals surface area contributed by atoms with Crippen molar-refractivity contribution in [3.05, 3.63) is 78.1 Å². The number of carbonyl (C=O) groups is 2. The number of likely N-dealkylation sites (tertiary alicyclic amines) is 1. The van der Waals surface area contributed by atoms with Crippen LogP contribution in [-0.2, 0) is 4.79 Å². The van der Waals surface area contributed by atoms with Crippen molar-refractivity contribution in [1.29, 1.82) is 0 Å². The van der Waals surface area contributed by atoms with Gasteiger partial charge in [-0.1, -0.05) is 30.3 Å². The smallest absolute Gasteiger partial charge is 0.273 e. The van der Waals surface area contributed by atoms with Gasteiger partial charge in [0.25, 0.3) is 5.91 Å². The minimum Gasteiger partial charge on any atom is -0.436 e. The van der Waals surface area contributed by atoms with Crippen LogP contribution >= 0.6 is 0 Å². The maximum Gasteiger partial charge on any atom is 0.273 e. The van der Waals surface area contributed by atoms with E-state index in [4.69, 9.17) is 9.40 Å². The molecule has 0 spiro atoms. The average molecular weight is 592 g/mol. The first-order valence-electron chi connectivity index (χ1n) is 15.1. The van der Waals surface area contributed by atoms with Gasteiger partial charge in [0.05, 0.1) is 6.04 Å². The number of amidine groups is 1. The number of benzene rings is 2. The maximum absolute atomic E-state index is 14.0. The van der Waals surface area contributed by atoms with E-state index in [1.165, 1.54) is 0 Å². The summed E-state index contributed by atoms with van der Waals surface area (Å²) in [5, 5.41) is 6.28. The number of piperazine rings is 1. The lowest BCUT2D eigenvalue weighted by Gasteiger charge is -2.44. The molecule has 2 N–H and O–H groups in total. The second-order valence-corrected chi connectivity index (χ2v) is 11.9. The number of oxazole rings is 1. The third-order valence-electron chi connectivity index (χ3n) is 9.07. The van der Waals surface area contributed by atoms with Gasteiger partial charge >= 0.3 is 0 Å². The highest BCUT2D eigenvalue weighted by molar-refractivity contribution is 5.97. The van der Waals surface area contributed by atoms with Crippen LogP contribution in [-0.4, -0.2) is 81.3 Å². The van der Waals surface area contributed by atoms with E-state index in [1.54, 1.807) is 22.3 Å². The van der Waals surface area contributed by atoms with Crippen LogP contribution in [0.25, 0.3) is 22.6 Å². The van der Waals surface area contributed by atoms with E-state index >= 15 is 0 Å². The van der Waals surface area contributed by atoms with Crippen LogP contribution < -0.4 is 15.9 Å². The first-order chi connectivity index (χ1) is 21.5. The molecule has 12 heteroatoms. The zero-order valence-electron chi connectivity index (χ0n) is 24.4. The van der Waals surface area contributed by atoms with Crippen LogP contribution in [0.15, 0.2) is 76.4 Å². The summed E-state index contributed by atoms with van der Waals surface area (Å²) in [6, 6.07) is 19.7. The van der Waals surface area contributed by atoms with E-state index in [9.17, 15) is 9.59 Å². The van der Waals surface area contributed by atoms with E-state index in [2.05, 4.69) is 38.1 Å². The molecule has 12 nitrogen and oxygen atoms in total. The summed E-state index contributed by atoms with van der Waals surface area (Å²) in [5.74, 6) is 1.32. The Hall–Kier alpha value is -4.81. The van der Waals surface area contributed by atoms with E-state index in [-0.39, 0.29) is 29.9 Å². The Balaban J connectivity index is 1.03. The van der Waals surface area contributed by atoms with Crippen molar-refractivity contribution in [3.8, 4) is 11.5 Å². The number of carbonyl (C=O) groups excluding carboxylic acids is 2. The largest absolute Gasteiger partial charge is 0.436 e. The van der Waals surface area contributed by atoms with E-state index in [0.29, 0.717) is 41.2 Å². The Kier molecular flexibility index (Phi) is 6.53. The number of hydrogen-bond acceptors (Lipinski definition) is 10. The van der Waals surface area contributed by atoms with Gasteiger partial charge < -0.3 is 14.2 Å². The third-order valence-corrected chi connectivity index (χ3v) is 9.07. The van der Waals surface area contributed by atoms with Crippen molar-refractivity contribution >= 4 is 34.4 Å². The molecule has 2 aromatic carbocycles. The van der Waals surface area contributed by atoms with Gasteiger partial charge in [0, 0.05) is 62.6 Å². The molecule has 0 radical (unpaired) electrons. The van der Waals surface area contributed by atoms with E-state index < -0.39 is 0 Å². The Morgan fingerprint density at radius 1 is 1.05 bits per heavy atom. The van der Waals surface area contributed by atoms with Gasteiger partial charge in [-0.15, -0.1) is 10.2 Å². The lowest BCUT2D eigenvalue weighted by atomic mass is 10.0. The Bertz CT molecular complexity index is 1760. The molecule has 3 saturated heterocycles. The van der Waals surface area contributed by atoms with Crippen molar-refractivity contribution in [2.45, 2.75) is 43.8 Å². The van der Waals surface area contributed by atoms with Crippen molar-refractivity contribution < 1.29 is 14.0 Å². The molecule has 2 bridgehead atoms. The van der Waals surface area contributed by atoms with Crippen LogP contribution in [0.1, 0.15) is 47.8 Å². The number of anilines is 1. The minimum absolute atomic E-state index is 0.0567. The number of hydrazine groups is 2.